The average Bonchev–Trinajstić information content (AvgIpc) is 2.84. The van der Waals surface area contributed by atoms with Crippen LogP contribution in [0.3, 0.4) is 0 Å². The molecule has 1 aromatic heterocycles. The van der Waals surface area contributed by atoms with Gasteiger partial charge in [0.1, 0.15) is 6.04 Å². The number of carboxylic acid groups (broad SMARTS) is 1. The normalized spacial score (nSPS) is 14.9. The number of carboxylic acids is 1. The van der Waals surface area contributed by atoms with Crippen molar-refractivity contribution >= 4 is 45.1 Å². The maximum Gasteiger partial charge on any atom is 0.308 e. The lowest BCUT2D eigenvalue weighted by atomic mass is 10.0. The number of nitrogens with one attached hydrogen (secondary N) is 2. The molecule has 116 valence electrons. The summed E-state index contributed by atoms with van der Waals surface area (Å²) in [5.41, 5.74) is 0. The molecule has 0 spiro atoms. The zero-order valence-corrected chi connectivity index (χ0v) is 14.2. The van der Waals surface area contributed by atoms with Crippen molar-refractivity contribution in [3.63, 3.8) is 0 Å². The van der Waals surface area contributed by atoms with Crippen molar-refractivity contribution in [1.29, 1.82) is 0 Å². The SMILES string of the molecule is CC(NC(=O)c1ccc(Br)s1)C(=O)NC(C)C(C)C(=O)O. The van der Waals surface area contributed by atoms with Crippen LogP contribution in [-0.4, -0.2) is 35.0 Å². The molecule has 1 aromatic rings. The molecule has 3 atom stereocenters. The van der Waals surface area contributed by atoms with E-state index in [1.165, 1.54) is 18.3 Å². The van der Waals surface area contributed by atoms with Crippen LogP contribution in [0.1, 0.15) is 30.4 Å². The standard InChI is InChI=1S/C13H17BrN2O4S/c1-6(13(19)20)7(2)15-11(17)8(3)16-12(18)9-4-5-10(14)21-9/h4-8H,1-3H3,(H,15,17)(H,16,18)(H,19,20). The van der Waals surface area contributed by atoms with Crippen molar-refractivity contribution in [3.05, 3.63) is 20.8 Å². The number of hydrogen-bond donors (Lipinski definition) is 3. The van der Waals surface area contributed by atoms with Crippen LogP contribution in [0.15, 0.2) is 15.9 Å². The highest BCUT2D eigenvalue weighted by Crippen LogP contribution is 2.21. The first-order chi connectivity index (χ1) is 9.72. The van der Waals surface area contributed by atoms with E-state index in [1.54, 1.807) is 26.0 Å². The number of carbonyl (C=O) groups excluding carboxylic acids is 2. The molecule has 0 saturated carbocycles. The third-order valence-corrected chi connectivity index (χ3v) is 4.67. The Labute approximate surface area is 135 Å². The quantitative estimate of drug-likeness (QED) is 0.705. The lowest BCUT2D eigenvalue weighted by molar-refractivity contribution is -0.142. The van der Waals surface area contributed by atoms with Crippen molar-refractivity contribution in [2.45, 2.75) is 32.9 Å². The number of halogens is 1. The molecule has 1 heterocycles. The third kappa shape index (κ3) is 5.13. The van der Waals surface area contributed by atoms with E-state index >= 15 is 0 Å². The Morgan fingerprint density at radius 1 is 1.19 bits per heavy atom. The first-order valence-corrected chi connectivity index (χ1v) is 7.92. The molecule has 0 bridgehead atoms. The fourth-order valence-corrected chi connectivity index (χ4v) is 2.75. The molecule has 3 N–H and O–H groups in total. The summed E-state index contributed by atoms with van der Waals surface area (Å²) in [6.07, 6.45) is 0. The van der Waals surface area contributed by atoms with E-state index in [1.807, 2.05) is 0 Å². The maximum absolute atomic E-state index is 11.9. The van der Waals surface area contributed by atoms with E-state index < -0.39 is 29.9 Å². The van der Waals surface area contributed by atoms with Crippen molar-refractivity contribution in [2.75, 3.05) is 0 Å². The molecule has 0 aliphatic heterocycles. The number of aliphatic carboxylic acids is 1. The van der Waals surface area contributed by atoms with Crippen LogP contribution in [0, 0.1) is 5.92 Å². The molecule has 6 nitrogen and oxygen atoms in total. The zero-order valence-electron chi connectivity index (χ0n) is 11.8. The molecule has 0 fully saturated rings. The van der Waals surface area contributed by atoms with E-state index in [0.29, 0.717) is 4.88 Å². The predicted octanol–water partition coefficient (Wildman–Crippen LogP) is 1.85. The molecule has 0 aliphatic carbocycles. The Kier molecular flexibility index (Phi) is 6.35. The number of thiophene rings is 1. The van der Waals surface area contributed by atoms with E-state index in [9.17, 15) is 14.4 Å². The molecule has 3 unspecified atom stereocenters. The van der Waals surface area contributed by atoms with Crippen LogP contribution in [0.25, 0.3) is 0 Å². The lowest BCUT2D eigenvalue weighted by Gasteiger charge is -2.20. The topological polar surface area (TPSA) is 95.5 Å². The van der Waals surface area contributed by atoms with Gasteiger partial charge in [-0.3, -0.25) is 14.4 Å². The Hall–Kier alpha value is -1.41. The van der Waals surface area contributed by atoms with Crippen LogP contribution < -0.4 is 10.6 Å². The van der Waals surface area contributed by atoms with Gasteiger partial charge in [0.05, 0.1) is 14.6 Å². The lowest BCUT2D eigenvalue weighted by Crippen LogP contribution is -2.49. The summed E-state index contributed by atoms with van der Waals surface area (Å²) in [7, 11) is 0. The van der Waals surface area contributed by atoms with Gasteiger partial charge in [0, 0.05) is 6.04 Å². The summed E-state index contributed by atoms with van der Waals surface area (Å²) in [6, 6.07) is 2.14. The Morgan fingerprint density at radius 2 is 1.81 bits per heavy atom. The minimum Gasteiger partial charge on any atom is -0.481 e. The van der Waals surface area contributed by atoms with Crippen LogP contribution in [0.4, 0.5) is 0 Å². The molecule has 0 aliphatic rings. The van der Waals surface area contributed by atoms with E-state index in [0.717, 1.165) is 3.79 Å². The van der Waals surface area contributed by atoms with Crippen LogP contribution in [0.2, 0.25) is 0 Å². The Morgan fingerprint density at radius 3 is 2.29 bits per heavy atom. The van der Waals surface area contributed by atoms with Gasteiger partial charge in [0.25, 0.3) is 5.91 Å². The molecule has 0 aromatic carbocycles. The molecular formula is C13H17BrN2O4S. The highest BCUT2D eigenvalue weighted by atomic mass is 79.9. The van der Waals surface area contributed by atoms with Gasteiger partial charge in [-0.2, -0.15) is 0 Å². The van der Waals surface area contributed by atoms with Crippen molar-refractivity contribution in [1.82, 2.24) is 10.6 Å². The molecule has 21 heavy (non-hydrogen) atoms. The number of hydrogen-bond acceptors (Lipinski definition) is 4. The van der Waals surface area contributed by atoms with Crippen LogP contribution in [-0.2, 0) is 9.59 Å². The number of rotatable bonds is 6. The van der Waals surface area contributed by atoms with Crippen molar-refractivity contribution in [3.8, 4) is 0 Å². The number of carbonyl (C=O) groups is 3. The highest BCUT2D eigenvalue weighted by molar-refractivity contribution is 9.11. The smallest absolute Gasteiger partial charge is 0.308 e. The van der Waals surface area contributed by atoms with Gasteiger partial charge in [-0.15, -0.1) is 11.3 Å². The van der Waals surface area contributed by atoms with Gasteiger partial charge in [-0.25, -0.2) is 0 Å². The summed E-state index contributed by atoms with van der Waals surface area (Å²) >= 11 is 4.53. The van der Waals surface area contributed by atoms with Gasteiger partial charge in [-0.05, 0) is 48.8 Å². The van der Waals surface area contributed by atoms with E-state index in [2.05, 4.69) is 26.6 Å². The fourth-order valence-electron chi connectivity index (χ4n) is 1.46. The molecule has 2 amide bonds. The van der Waals surface area contributed by atoms with Gasteiger partial charge in [0.2, 0.25) is 5.91 Å². The number of amides is 2. The first kappa shape index (κ1) is 17.6. The molecule has 1 rings (SSSR count). The predicted molar refractivity (Wildman–Crippen MR) is 83.4 cm³/mol. The maximum atomic E-state index is 11.9. The van der Waals surface area contributed by atoms with Gasteiger partial charge < -0.3 is 15.7 Å². The van der Waals surface area contributed by atoms with Crippen LogP contribution >= 0.6 is 27.3 Å². The second-order valence-corrected chi connectivity index (χ2v) is 7.19. The van der Waals surface area contributed by atoms with Crippen molar-refractivity contribution < 1.29 is 19.5 Å². The van der Waals surface area contributed by atoms with Crippen molar-refractivity contribution in [2.24, 2.45) is 5.92 Å². The molecular weight excluding hydrogens is 360 g/mol. The summed E-state index contributed by atoms with van der Waals surface area (Å²) in [5.74, 6) is -2.44. The fraction of sp³-hybridized carbons (Fsp3) is 0.462. The summed E-state index contributed by atoms with van der Waals surface area (Å²) in [6.45, 7) is 4.68. The van der Waals surface area contributed by atoms with E-state index in [-0.39, 0.29) is 5.91 Å². The molecule has 0 saturated heterocycles. The van der Waals surface area contributed by atoms with Crippen LogP contribution in [0.5, 0.6) is 0 Å². The Balaban J connectivity index is 2.55. The minimum absolute atomic E-state index is 0.340. The zero-order chi connectivity index (χ0) is 16.2. The van der Waals surface area contributed by atoms with Gasteiger partial charge >= 0.3 is 5.97 Å². The van der Waals surface area contributed by atoms with E-state index in [4.69, 9.17) is 5.11 Å². The monoisotopic (exact) mass is 376 g/mol. The summed E-state index contributed by atoms with van der Waals surface area (Å²) in [4.78, 5) is 35.2. The first-order valence-electron chi connectivity index (χ1n) is 6.31. The minimum atomic E-state index is -0.983. The summed E-state index contributed by atoms with van der Waals surface area (Å²) < 4.78 is 0.827. The molecule has 0 radical (unpaired) electrons. The van der Waals surface area contributed by atoms with Gasteiger partial charge in [0.15, 0.2) is 0 Å². The second kappa shape index (κ2) is 7.56. The third-order valence-electron chi connectivity index (χ3n) is 3.05. The van der Waals surface area contributed by atoms with Gasteiger partial charge in [-0.1, -0.05) is 0 Å². The Bertz CT molecular complexity index is 546. The average molecular weight is 377 g/mol. The highest BCUT2D eigenvalue weighted by Gasteiger charge is 2.24. The second-order valence-electron chi connectivity index (χ2n) is 4.72. The molecule has 8 heteroatoms. The summed E-state index contributed by atoms with van der Waals surface area (Å²) in [5, 5.41) is 14.0. The largest absolute Gasteiger partial charge is 0.481 e.